The van der Waals surface area contributed by atoms with Gasteiger partial charge in [-0.25, -0.2) is 0 Å². The molecule has 6 nitrogen and oxygen atoms in total. The molecule has 2 fully saturated rings. The van der Waals surface area contributed by atoms with E-state index in [1.54, 1.807) is 0 Å². The lowest BCUT2D eigenvalue weighted by atomic mass is 10.1. The molecule has 6 heteroatoms. The zero-order chi connectivity index (χ0) is 13.1. The van der Waals surface area contributed by atoms with Crippen molar-refractivity contribution in [3.8, 4) is 0 Å². The number of H-pyrrole nitrogens is 1. The Balaban J connectivity index is 1.53. The quantitative estimate of drug-likeness (QED) is 0.839. The van der Waals surface area contributed by atoms with Crippen molar-refractivity contribution in [1.29, 1.82) is 0 Å². The molecule has 1 aromatic rings. The van der Waals surface area contributed by atoms with Gasteiger partial charge < -0.3 is 15.0 Å². The largest absolute Gasteiger partial charge is 0.378 e. The third kappa shape index (κ3) is 3.25. The van der Waals surface area contributed by atoms with Crippen molar-refractivity contribution in [3.63, 3.8) is 0 Å². The first kappa shape index (κ1) is 12.9. The van der Waals surface area contributed by atoms with Crippen molar-refractivity contribution in [2.75, 3.05) is 31.1 Å². The molecule has 0 aromatic carbocycles. The highest BCUT2D eigenvalue weighted by atomic mass is 16.5. The summed E-state index contributed by atoms with van der Waals surface area (Å²) >= 11 is 0. The van der Waals surface area contributed by atoms with Gasteiger partial charge in [-0.2, -0.15) is 4.98 Å². The fourth-order valence-corrected chi connectivity index (χ4v) is 2.82. The van der Waals surface area contributed by atoms with Gasteiger partial charge in [-0.3, -0.25) is 5.10 Å². The minimum absolute atomic E-state index is 0.424. The fourth-order valence-electron chi connectivity index (χ4n) is 2.82. The number of aromatic nitrogens is 3. The van der Waals surface area contributed by atoms with Crippen LogP contribution < -0.4 is 10.2 Å². The zero-order valence-electron chi connectivity index (χ0n) is 11.6. The van der Waals surface area contributed by atoms with Gasteiger partial charge in [0.2, 0.25) is 5.95 Å². The van der Waals surface area contributed by atoms with E-state index in [9.17, 15) is 0 Å². The van der Waals surface area contributed by atoms with Gasteiger partial charge in [0.25, 0.3) is 0 Å². The van der Waals surface area contributed by atoms with E-state index in [1.165, 1.54) is 12.8 Å². The monoisotopic (exact) mass is 265 g/mol. The molecule has 1 aromatic heterocycles. The van der Waals surface area contributed by atoms with Crippen LogP contribution in [0.2, 0.25) is 0 Å². The van der Waals surface area contributed by atoms with Gasteiger partial charge in [0.05, 0.1) is 6.10 Å². The molecule has 3 heterocycles. The van der Waals surface area contributed by atoms with Crippen LogP contribution >= 0.6 is 0 Å². The summed E-state index contributed by atoms with van der Waals surface area (Å²) in [4.78, 5) is 6.85. The summed E-state index contributed by atoms with van der Waals surface area (Å²) in [7, 11) is 0. The van der Waals surface area contributed by atoms with Crippen LogP contribution in [-0.2, 0) is 11.2 Å². The molecular formula is C13H23N5O. The summed E-state index contributed by atoms with van der Waals surface area (Å²) in [6.07, 6.45) is 4.79. The van der Waals surface area contributed by atoms with Crippen LogP contribution in [0.4, 0.5) is 5.95 Å². The summed E-state index contributed by atoms with van der Waals surface area (Å²) in [6, 6.07) is 0.502. The van der Waals surface area contributed by atoms with Gasteiger partial charge >= 0.3 is 0 Å². The van der Waals surface area contributed by atoms with E-state index in [2.05, 4.69) is 32.3 Å². The normalized spacial score (nSPS) is 27.9. The molecule has 2 aliphatic rings. The first-order valence-corrected chi connectivity index (χ1v) is 7.32. The van der Waals surface area contributed by atoms with Gasteiger partial charge in [-0.1, -0.05) is 0 Å². The zero-order valence-corrected chi connectivity index (χ0v) is 11.6. The first-order valence-electron chi connectivity index (χ1n) is 7.32. The summed E-state index contributed by atoms with van der Waals surface area (Å²) < 4.78 is 5.63. The van der Waals surface area contributed by atoms with E-state index in [4.69, 9.17) is 4.74 Å². The molecular weight excluding hydrogens is 242 g/mol. The highest BCUT2D eigenvalue weighted by Gasteiger charge is 2.20. The number of nitrogens with one attached hydrogen (secondary N) is 2. The highest BCUT2D eigenvalue weighted by molar-refractivity contribution is 5.30. The van der Waals surface area contributed by atoms with Crippen LogP contribution in [0.5, 0.6) is 0 Å². The predicted molar refractivity (Wildman–Crippen MR) is 73.4 cm³/mol. The number of piperazine rings is 1. The van der Waals surface area contributed by atoms with E-state index in [0.29, 0.717) is 12.1 Å². The molecule has 0 aliphatic carbocycles. The van der Waals surface area contributed by atoms with Crippen LogP contribution in [0.25, 0.3) is 0 Å². The Morgan fingerprint density at radius 3 is 3.21 bits per heavy atom. The number of nitrogens with zero attached hydrogens (tertiary/aromatic N) is 3. The Labute approximate surface area is 113 Å². The van der Waals surface area contributed by atoms with Crippen LogP contribution in [0.15, 0.2) is 0 Å². The topological polar surface area (TPSA) is 66.1 Å². The Kier molecular flexibility index (Phi) is 3.98. The maximum absolute atomic E-state index is 5.63. The summed E-state index contributed by atoms with van der Waals surface area (Å²) in [5.41, 5.74) is 0. The van der Waals surface area contributed by atoms with E-state index in [-0.39, 0.29) is 0 Å². The van der Waals surface area contributed by atoms with Crippen molar-refractivity contribution in [2.24, 2.45) is 0 Å². The number of hydrogen-bond acceptors (Lipinski definition) is 5. The number of rotatable bonds is 4. The van der Waals surface area contributed by atoms with Crippen molar-refractivity contribution in [3.05, 3.63) is 5.82 Å². The smallest absolute Gasteiger partial charge is 0.244 e. The lowest BCUT2D eigenvalue weighted by Crippen LogP contribution is -2.49. The lowest BCUT2D eigenvalue weighted by Gasteiger charge is -2.30. The van der Waals surface area contributed by atoms with E-state index >= 15 is 0 Å². The molecule has 106 valence electrons. The molecule has 0 bridgehead atoms. The standard InChI is InChI=1S/C13H23N5O/c1-10-9-18(7-6-14-10)13-15-12(16-17-13)5-4-11-3-2-8-19-11/h10-11,14H,2-9H2,1H3,(H,15,16,17)/t10-,11?/m0/s1. The second-order valence-corrected chi connectivity index (χ2v) is 5.56. The Bertz CT molecular complexity index is 401. The molecule has 0 spiro atoms. The summed E-state index contributed by atoms with van der Waals surface area (Å²) in [5, 5.41) is 10.8. The predicted octanol–water partition coefficient (Wildman–Crippen LogP) is 0.714. The van der Waals surface area contributed by atoms with Crippen LogP contribution in [0.3, 0.4) is 0 Å². The van der Waals surface area contributed by atoms with Crippen molar-refractivity contribution < 1.29 is 4.74 Å². The number of aromatic amines is 1. The van der Waals surface area contributed by atoms with Gasteiger partial charge in [-0.15, -0.1) is 5.10 Å². The SMILES string of the molecule is C[C@H]1CN(c2n[nH]c(CCC3CCCO3)n2)CCN1. The van der Waals surface area contributed by atoms with Gasteiger partial charge in [0, 0.05) is 38.7 Å². The average molecular weight is 265 g/mol. The minimum atomic E-state index is 0.424. The third-order valence-corrected chi connectivity index (χ3v) is 3.90. The molecule has 0 radical (unpaired) electrons. The number of anilines is 1. The van der Waals surface area contributed by atoms with Crippen LogP contribution in [0.1, 0.15) is 32.0 Å². The molecule has 19 heavy (non-hydrogen) atoms. The number of ether oxygens (including phenoxy) is 1. The van der Waals surface area contributed by atoms with E-state index in [1.807, 2.05) is 0 Å². The third-order valence-electron chi connectivity index (χ3n) is 3.90. The minimum Gasteiger partial charge on any atom is -0.378 e. The average Bonchev–Trinajstić information content (AvgIpc) is 3.08. The highest BCUT2D eigenvalue weighted by Crippen LogP contribution is 2.17. The van der Waals surface area contributed by atoms with Gasteiger partial charge in [0.15, 0.2) is 0 Å². The molecule has 2 N–H and O–H groups in total. The molecule has 2 aliphatic heterocycles. The van der Waals surface area contributed by atoms with Crippen molar-refractivity contribution >= 4 is 5.95 Å². The molecule has 2 atom stereocenters. The van der Waals surface area contributed by atoms with E-state index in [0.717, 1.165) is 50.9 Å². The van der Waals surface area contributed by atoms with Gasteiger partial charge in [-0.05, 0) is 26.2 Å². The molecule has 3 rings (SSSR count). The van der Waals surface area contributed by atoms with Gasteiger partial charge in [0.1, 0.15) is 5.82 Å². The fraction of sp³-hybridized carbons (Fsp3) is 0.846. The Morgan fingerprint density at radius 2 is 2.42 bits per heavy atom. The molecule has 1 unspecified atom stereocenters. The Hall–Kier alpha value is -1.14. The Morgan fingerprint density at radius 1 is 1.47 bits per heavy atom. The molecule has 0 saturated carbocycles. The molecule has 0 amide bonds. The first-order chi connectivity index (χ1) is 9.31. The molecule has 2 saturated heterocycles. The maximum Gasteiger partial charge on any atom is 0.244 e. The maximum atomic E-state index is 5.63. The van der Waals surface area contributed by atoms with E-state index < -0.39 is 0 Å². The van der Waals surface area contributed by atoms with Crippen LogP contribution in [0, 0.1) is 0 Å². The van der Waals surface area contributed by atoms with Crippen molar-refractivity contribution in [1.82, 2.24) is 20.5 Å². The van der Waals surface area contributed by atoms with Crippen LogP contribution in [-0.4, -0.2) is 53.6 Å². The second kappa shape index (κ2) is 5.88. The lowest BCUT2D eigenvalue weighted by molar-refractivity contribution is 0.104. The van der Waals surface area contributed by atoms with Crippen molar-refractivity contribution in [2.45, 2.75) is 44.8 Å². The second-order valence-electron chi connectivity index (χ2n) is 5.56. The summed E-state index contributed by atoms with van der Waals surface area (Å²) in [6.45, 7) is 6.07. The number of hydrogen-bond donors (Lipinski definition) is 2. The summed E-state index contributed by atoms with van der Waals surface area (Å²) in [5.74, 6) is 1.83. The number of aryl methyl sites for hydroxylation is 1.